The summed E-state index contributed by atoms with van der Waals surface area (Å²) >= 11 is 0. The van der Waals surface area contributed by atoms with E-state index in [1.165, 1.54) is 20.3 Å². The Bertz CT molecular complexity index is 851. The average Bonchev–Trinajstić information content (AvgIpc) is 2.67. The molecule has 0 spiro atoms. The molecule has 0 saturated carbocycles. The van der Waals surface area contributed by atoms with Crippen molar-refractivity contribution in [3.63, 3.8) is 0 Å². The largest absolute Gasteiger partial charge is 0.497 e. The summed E-state index contributed by atoms with van der Waals surface area (Å²) in [7, 11) is 4.58. The van der Waals surface area contributed by atoms with Crippen molar-refractivity contribution in [2.75, 3.05) is 42.0 Å². The minimum atomic E-state index is -3.76. The van der Waals surface area contributed by atoms with Gasteiger partial charge in [0, 0.05) is 18.7 Å². The molecular formula is C19H26N2O5S. The van der Waals surface area contributed by atoms with Crippen LogP contribution in [-0.2, 0) is 10.0 Å². The minimum absolute atomic E-state index is 0.0676. The van der Waals surface area contributed by atoms with Crippen LogP contribution in [0.1, 0.15) is 11.6 Å². The van der Waals surface area contributed by atoms with Crippen molar-refractivity contribution in [3.8, 4) is 17.2 Å². The van der Waals surface area contributed by atoms with Crippen LogP contribution in [0.3, 0.4) is 0 Å². The van der Waals surface area contributed by atoms with E-state index in [1.54, 1.807) is 19.2 Å². The molecule has 1 atom stereocenters. The van der Waals surface area contributed by atoms with Crippen LogP contribution < -0.4 is 18.9 Å². The Morgan fingerprint density at radius 2 is 1.52 bits per heavy atom. The van der Waals surface area contributed by atoms with Crippen LogP contribution in [0.15, 0.2) is 47.4 Å². The first kappa shape index (κ1) is 21.0. The van der Waals surface area contributed by atoms with E-state index in [0.717, 1.165) is 11.3 Å². The molecule has 7 nitrogen and oxygen atoms in total. The van der Waals surface area contributed by atoms with E-state index in [4.69, 9.17) is 14.2 Å². The average molecular weight is 394 g/mol. The number of nitrogens with one attached hydrogen (secondary N) is 1. The molecule has 0 aliphatic rings. The lowest BCUT2D eigenvalue weighted by molar-refractivity contribution is 0.299. The smallest absolute Gasteiger partial charge is 0.244 e. The van der Waals surface area contributed by atoms with Gasteiger partial charge in [-0.3, -0.25) is 0 Å². The summed E-state index contributed by atoms with van der Waals surface area (Å²) in [5.41, 5.74) is 0.977. The van der Waals surface area contributed by atoms with Gasteiger partial charge in [-0.1, -0.05) is 12.1 Å². The van der Waals surface area contributed by atoms with Crippen LogP contribution in [0, 0.1) is 0 Å². The Labute approximate surface area is 160 Å². The van der Waals surface area contributed by atoms with Gasteiger partial charge < -0.3 is 19.1 Å². The molecule has 0 radical (unpaired) electrons. The van der Waals surface area contributed by atoms with Gasteiger partial charge in [-0.2, -0.15) is 0 Å². The van der Waals surface area contributed by atoms with Gasteiger partial charge in [0.05, 0.1) is 21.3 Å². The number of nitrogens with zero attached hydrogens (tertiary/aromatic N) is 1. The zero-order valence-corrected chi connectivity index (χ0v) is 17.0. The van der Waals surface area contributed by atoms with Gasteiger partial charge in [-0.15, -0.1) is 0 Å². The highest BCUT2D eigenvalue weighted by atomic mass is 32.2. The van der Waals surface area contributed by atoms with Crippen LogP contribution in [-0.4, -0.2) is 55.3 Å². The Hall–Kier alpha value is -2.29. The standard InChI is InChI=1S/C19H26N2O5S/c1-21(2)17(14-6-8-15(24-3)9-7-14)13-20-27(22,23)19-11-10-16(25-4)12-18(19)26-5/h6-12,17,20H,13H2,1-5H3. The van der Waals surface area contributed by atoms with Crippen LogP contribution >= 0.6 is 0 Å². The fourth-order valence-electron chi connectivity index (χ4n) is 2.69. The summed E-state index contributed by atoms with van der Waals surface area (Å²) in [5.74, 6) is 1.50. The van der Waals surface area contributed by atoms with E-state index in [1.807, 2.05) is 43.3 Å². The van der Waals surface area contributed by atoms with Gasteiger partial charge >= 0.3 is 0 Å². The van der Waals surface area contributed by atoms with Gasteiger partial charge in [0.25, 0.3) is 0 Å². The second-order valence-corrected chi connectivity index (χ2v) is 7.86. The first-order valence-electron chi connectivity index (χ1n) is 8.34. The maximum Gasteiger partial charge on any atom is 0.244 e. The van der Waals surface area contributed by atoms with E-state index in [2.05, 4.69) is 4.72 Å². The lowest BCUT2D eigenvalue weighted by atomic mass is 10.1. The zero-order chi connectivity index (χ0) is 20.0. The van der Waals surface area contributed by atoms with Gasteiger partial charge in [0.2, 0.25) is 10.0 Å². The van der Waals surface area contributed by atoms with Gasteiger partial charge in [0.15, 0.2) is 0 Å². The topological polar surface area (TPSA) is 77.1 Å². The maximum atomic E-state index is 12.8. The van der Waals surface area contributed by atoms with E-state index >= 15 is 0 Å². The van der Waals surface area contributed by atoms with Crippen molar-refractivity contribution >= 4 is 10.0 Å². The number of sulfonamides is 1. The fraction of sp³-hybridized carbons (Fsp3) is 0.368. The van der Waals surface area contributed by atoms with Crippen molar-refractivity contribution in [1.29, 1.82) is 0 Å². The molecule has 8 heteroatoms. The zero-order valence-electron chi connectivity index (χ0n) is 16.2. The number of benzene rings is 2. The summed E-state index contributed by atoms with van der Waals surface area (Å²) in [6.07, 6.45) is 0. The number of ether oxygens (including phenoxy) is 3. The monoisotopic (exact) mass is 394 g/mol. The van der Waals surface area contributed by atoms with E-state index in [0.29, 0.717) is 5.75 Å². The molecule has 1 N–H and O–H groups in total. The predicted molar refractivity (Wildman–Crippen MR) is 104 cm³/mol. The van der Waals surface area contributed by atoms with Crippen molar-refractivity contribution in [1.82, 2.24) is 9.62 Å². The highest BCUT2D eigenvalue weighted by Crippen LogP contribution is 2.29. The SMILES string of the molecule is COc1ccc(C(CNS(=O)(=O)c2ccc(OC)cc2OC)N(C)C)cc1. The van der Waals surface area contributed by atoms with Crippen LogP contribution in [0.4, 0.5) is 0 Å². The van der Waals surface area contributed by atoms with E-state index in [-0.39, 0.29) is 23.2 Å². The summed E-state index contributed by atoms with van der Waals surface area (Å²) in [6, 6.07) is 12.0. The first-order chi connectivity index (χ1) is 12.8. The van der Waals surface area contributed by atoms with Gasteiger partial charge in [-0.05, 0) is 43.9 Å². The Balaban J connectivity index is 2.23. The highest BCUT2D eigenvalue weighted by molar-refractivity contribution is 7.89. The number of hydrogen-bond donors (Lipinski definition) is 1. The summed E-state index contributed by atoms with van der Waals surface area (Å²) in [6.45, 7) is 0.205. The van der Waals surface area contributed by atoms with Crippen LogP contribution in [0.5, 0.6) is 17.2 Å². The van der Waals surface area contributed by atoms with Crippen LogP contribution in [0.25, 0.3) is 0 Å². The van der Waals surface area contributed by atoms with Gasteiger partial charge in [-0.25, -0.2) is 13.1 Å². The van der Waals surface area contributed by atoms with E-state index < -0.39 is 10.0 Å². The molecule has 0 aromatic heterocycles. The molecule has 0 heterocycles. The van der Waals surface area contributed by atoms with Crippen molar-refractivity contribution in [2.24, 2.45) is 0 Å². The first-order valence-corrected chi connectivity index (χ1v) is 9.82. The minimum Gasteiger partial charge on any atom is -0.497 e. The molecule has 2 rings (SSSR count). The molecule has 0 aliphatic heterocycles. The number of hydrogen-bond acceptors (Lipinski definition) is 6. The summed E-state index contributed by atoms with van der Waals surface area (Å²) < 4.78 is 43.8. The van der Waals surface area contributed by atoms with Crippen molar-refractivity contribution in [2.45, 2.75) is 10.9 Å². The Morgan fingerprint density at radius 3 is 2.04 bits per heavy atom. The normalized spacial score (nSPS) is 12.7. The molecule has 0 fully saturated rings. The molecule has 148 valence electrons. The molecule has 0 aliphatic carbocycles. The number of rotatable bonds is 9. The molecule has 1 unspecified atom stereocenters. The second kappa shape index (κ2) is 9.07. The quantitative estimate of drug-likeness (QED) is 0.703. The molecule has 0 bridgehead atoms. The van der Waals surface area contributed by atoms with E-state index in [9.17, 15) is 8.42 Å². The van der Waals surface area contributed by atoms with Gasteiger partial charge in [0.1, 0.15) is 22.1 Å². The van der Waals surface area contributed by atoms with Crippen molar-refractivity contribution < 1.29 is 22.6 Å². The molecule has 2 aromatic carbocycles. The highest BCUT2D eigenvalue weighted by Gasteiger charge is 2.23. The molecule has 0 amide bonds. The maximum absolute atomic E-state index is 12.8. The Kier molecular flexibility index (Phi) is 7.06. The number of likely N-dealkylation sites (N-methyl/N-ethyl adjacent to an activating group) is 1. The van der Waals surface area contributed by atoms with Crippen LogP contribution in [0.2, 0.25) is 0 Å². The van der Waals surface area contributed by atoms with Crippen molar-refractivity contribution in [3.05, 3.63) is 48.0 Å². The fourth-order valence-corrected chi connectivity index (χ4v) is 3.88. The molecular weight excluding hydrogens is 368 g/mol. The third kappa shape index (κ3) is 5.12. The number of methoxy groups -OCH3 is 3. The third-order valence-electron chi connectivity index (χ3n) is 4.25. The summed E-state index contributed by atoms with van der Waals surface area (Å²) in [5, 5.41) is 0. The predicted octanol–water partition coefficient (Wildman–Crippen LogP) is 2.29. The third-order valence-corrected chi connectivity index (χ3v) is 5.71. The second-order valence-electron chi connectivity index (χ2n) is 6.12. The lowest BCUT2D eigenvalue weighted by Gasteiger charge is -2.25. The molecule has 27 heavy (non-hydrogen) atoms. The lowest BCUT2D eigenvalue weighted by Crippen LogP contribution is -2.34. The molecule has 2 aromatic rings. The molecule has 0 saturated heterocycles. The Morgan fingerprint density at radius 1 is 0.926 bits per heavy atom. The summed E-state index contributed by atoms with van der Waals surface area (Å²) in [4.78, 5) is 2.02.